The van der Waals surface area contributed by atoms with Gasteiger partial charge < -0.3 is 5.32 Å². The number of nitro groups is 1. The molecule has 0 spiro atoms. The minimum atomic E-state index is -0.425. The molecular formula is C17H13N3O3S2. The largest absolute Gasteiger partial charge is 0.328 e. The van der Waals surface area contributed by atoms with Crippen LogP contribution in [0.5, 0.6) is 0 Å². The van der Waals surface area contributed by atoms with Gasteiger partial charge in [0, 0.05) is 11.0 Å². The molecule has 1 aliphatic rings. The van der Waals surface area contributed by atoms with Crippen molar-refractivity contribution in [3.8, 4) is 0 Å². The summed E-state index contributed by atoms with van der Waals surface area (Å²) in [6.07, 6.45) is 1.53. The third-order valence-electron chi connectivity index (χ3n) is 3.46. The second-order valence-corrected chi connectivity index (χ2v) is 6.89. The van der Waals surface area contributed by atoms with E-state index in [0.29, 0.717) is 10.5 Å². The van der Waals surface area contributed by atoms with Crippen LogP contribution in [0.3, 0.4) is 0 Å². The van der Waals surface area contributed by atoms with E-state index in [1.54, 1.807) is 12.1 Å². The second-order valence-electron chi connectivity index (χ2n) is 5.37. The number of rotatable bonds is 4. The summed E-state index contributed by atoms with van der Waals surface area (Å²) in [5, 5.41) is 16.8. The Morgan fingerprint density at radius 2 is 1.88 bits per heavy atom. The van der Waals surface area contributed by atoms with Crippen molar-refractivity contribution < 1.29 is 9.72 Å². The van der Waals surface area contributed by atoms with E-state index in [1.165, 1.54) is 23.9 Å². The van der Waals surface area contributed by atoms with Crippen molar-refractivity contribution in [2.75, 3.05) is 0 Å². The zero-order chi connectivity index (χ0) is 18.0. The first-order valence-electron chi connectivity index (χ1n) is 7.29. The van der Waals surface area contributed by atoms with Gasteiger partial charge in [-0.1, -0.05) is 35.5 Å². The molecule has 0 radical (unpaired) electrons. The fourth-order valence-electron chi connectivity index (χ4n) is 2.24. The number of nitro benzene ring substituents is 1. The van der Waals surface area contributed by atoms with E-state index in [4.69, 9.17) is 12.2 Å². The Kier molecular flexibility index (Phi) is 4.82. The van der Waals surface area contributed by atoms with Crippen LogP contribution < -0.4 is 10.6 Å². The summed E-state index contributed by atoms with van der Waals surface area (Å²) < 4.78 is 0. The number of benzene rings is 2. The fourth-order valence-corrected chi connectivity index (χ4v) is 3.34. The lowest BCUT2D eigenvalue weighted by molar-refractivity contribution is -0.387. The highest BCUT2D eigenvalue weighted by molar-refractivity contribution is 7.99. The lowest BCUT2D eigenvalue weighted by Crippen LogP contribution is -2.21. The average molecular weight is 371 g/mol. The fraction of sp³-hybridized carbons (Fsp3) is 0.0588. The van der Waals surface area contributed by atoms with Crippen molar-refractivity contribution in [1.29, 1.82) is 0 Å². The SMILES string of the molecule is Cc1ccc(Sc2ccc(/C=C3/NC(=S)NC3=O)cc2[N+](=O)[O-])cc1. The Morgan fingerprint density at radius 3 is 2.48 bits per heavy atom. The lowest BCUT2D eigenvalue weighted by atomic mass is 10.1. The van der Waals surface area contributed by atoms with Crippen LogP contribution in [0.15, 0.2) is 58.0 Å². The van der Waals surface area contributed by atoms with E-state index in [2.05, 4.69) is 10.6 Å². The Hall–Kier alpha value is -2.71. The Bertz CT molecular complexity index is 908. The first-order chi connectivity index (χ1) is 11.9. The molecule has 126 valence electrons. The van der Waals surface area contributed by atoms with Gasteiger partial charge in [0.1, 0.15) is 5.70 Å². The van der Waals surface area contributed by atoms with Crippen LogP contribution in [-0.4, -0.2) is 15.9 Å². The van der Waals surface area contributed by atoms with Crippen LogP contribution >= 0.6 is 24.0 Å². The van der Waals surface area contributed by atoms with Crippen LogP contribution in [0.2, 0.25) is 0 Å². The maximum absolute atomic E-state index is 11.7. The van der Waals surface area contributed by atoms with Crippen molar-refractivity contribution in [2.45, 2.75) is 16.7 Å². The molecule has 1 saturated heterocycles. The van der Waals surface area contributed by atoms with E-state index in [-0.39, 0.29) is 22.4 Å². The molecule has 0 atom stereocenters. The number of carbonyl (C=O) groups is 1. The smallest absolute Gasteiger partial charge is 0.283 e. The molecule has 0 bridgehead atoms. The number of hydrogen-bond acceptors (Lipinski definition) is 5. The lowest BCUT2D eigenvalue weighted by Gasteiger charge is -2.05. The first kappa shape index (κ1) is 17.1. The third kappa shape index (κ3) is 4.04. The maximum atomic E-state index is 11.7. The Morgan fingerprint density at radius 1 is 1.16 bits per heavy atom. The zero-order valence-electron chi connectivity index (χ0n) is 13.1. The molecule has 3 rings (SSSR count). The maximum Gasteiger partial charge on any atom is 0.283 e. The van der Waals surface area contributed by atoms with Crippen molar-refractivity contribution in [3.05, 3.63) is 69.4 Å². The number of nitrogens with zero attached hydrogens (tertiary/aromatic N) is 1. The summed E-state index contributed by atoms with van der Waals surface area (Å²) >= 11 is 6.19. The molecule has 1 aliphatic heterocycles. The van der Waals surface area contributed by atoms with Crippen LogP contribution in [0.1, 0.15) is 11.1 Å². The number of hydrogen-bond donors (Lipinski definition) is 2. The zero-order valence-corrected chi connectivity index (χ0v) is 14.7. The van der Waals surface area contributed by atoms with E-state index < -0.39 is 4.92 Å². The molecule has 0 aliphatic carbocycles. The standard InChI is InChI=1S/C17H13N3O3S2/c1-10-2-5-12(6-3-10)25-15-7-4-11(9-14(15)20(22)23)8-13-16(21)19-17(24)18-13/h2-9H,1H3,(H2,18,19,21,24)/b13-8+. The van der Waals surface area contributed by atoms with Crippen LogP contribution in [0.4, 0.5) is 5.69 Å². The van der Waals surface area contributed by atoms with E-state index >= 15 is 0 Å². The molecule has 0 saturated carbocycles. The monoisotopic (exact) mass is 371 g/mol. The van der Waals surface area contributed by atoms with E-state index in [1.807, 2.05) is 31.2 Å². The molecule has 6 nitrogen and oxygen atoms in total. The van der Waals surface area contributed by atoms with Gasteiger partial charge in [0.2, 0.25) is 0 Å². The molecule has 2 N–H and O–H groups in total. The van der Waals surface area contributed by atoms with Gasteiger partial charge in [0.25, 0.3) is 11.6 Å². The number of nitrogens with one attached hydrogen (secondary N) is 2. The van der Waals surface area contributed by atoms with Crippen molar-refractivity contribution in [3.63, 3.8) is 0 Å². The molecule has 8 heteroatoms. The Balaban J connectivity index is 1.92. The van der Waals surface area contributed by atoms with E-state index in [0.717, 1.165) is 10.5 Å². The minimum absolute atomic E-state index is 0.0130. The highest BCUT2D eigenvalue weighted by atomic mass is 32.2. The highest BCUT2D eigenvalue weighted by Crippen LogP contribution is 2.35. The first-order valence-corrected chi connectivity index (χ1v) is 8.52. The van der Waals surface area contributed by atoms with Gasteiger partial charge in [-0.3, -0.25) is 20.2 Å². The van der Waals surface area contributed by atoms with Crippen LogP contribution in [-0.2, 0) is 4.79 Å². The van der Waals surface area contributed by atoms with Gasteiger partial charge in [-0.2, -0.15) is 0 Å². The normalized spacial score (nSPS) is 15.2. The second kappa shape index (κ2) is 7.04. The molecule has 2 aromatic rings. The quantitative estimate of drug-likeness (QED) is 0.371. The summed E-state index contributed by atoms with van der Waals surface area (Å²) in [6.45, 7) is 1.98. The Labute approximate surface area is 153 Å². The predicted octanol–water partition coefficient (Wildman–Crippen LogP) is 3.40. The van der Waals surface area contributed by atoms with E-state index in [9.17, 15) is 14.9 Å². The summed E-state index contributed by atoms with van der Waals surface area (Å²) in [4.78, 5) is 24.1. The summed E-state index contributed by atoms with van der Waals surface area (Å²) in [6, 6.07) is 12.6. The van der Waals surface area contributed by atoms with Crippen molar-refractivity contribution in [1.82, 2.24) is 10.6 Å². The van der Waals surface area contributed by atoms with Gasteiger partial charge >= 0.3 is 0 Å². The average Bonchev–Trinajstić information content (AvgIpc) is 2.88. The molecule has 1 fully saturated rings. The van der Waals surface area contributed by atoms with Crippen molar-refractivity contribution >= 4 is 46.8 Å². The number of aryl methyl sites for hydroxylation is 1. The summed E-state index contributed by atoms with van der Waals surface area (Å²) in [5.74, 6) is -0.356. The van der Waals surface area contributed by atoms with Gasteiger partial charge in [0.05, 0.1) is 9.82 Å². The molecule has 1 heterocycles. The van der Waals surface area contributed by atoms with Gasteiger partial charge in [0.15, 0.2) is 5.11 Å². The predicted molar refractivity (Wildman–Crippen MR) is 100 cm³/mol. The topological polar surface area (TPSA) is 84.3 Å². The molecule has 0 aromatic heterocycles. The molecule has 2 aromatic carbocycles. The van der Waals surface area contributed by atoms with Crippen LogP contribution in [0, 0.1) is 17.0 Å². The van der Waals surface area contributed by atoms with Gasteiger partial charge in [-0.25, -0.2) is 0 Å². The molecular weight excluding hydrogens is 358 g/mol. The van der Waals surface area contributed by atoms with Gasteiger partial charge in [-0.05, 0) is 49.0 Å². The number of amides is 1. The van der Waals surface area contributed by atoms with Crippen LogP contribution in [0.25, 0.3) is 6.08 Å². The van der Waals surface area contributed by atoms with Gasteiger partial charge in [-0.15, -0.1) is 0 Å². The van der Waals surface area contributed by atoms with Crippen molar-refractivity contribution in [2.24, 2.45) is 0 Å². The third-order valence-corrected chi connectivity index (χ3v) is 4.74. The summed E-state index contributed by atoms with van der Waals surface area (Å²) in [5.41, 5.74) is 1.92. The minimum Gasteiger partial charge on any atom is -0.328 e. The number of thiocarbonyl (C=S) groups is 1. The number of carbonyl (C=O) groups excluding carboxylic acids is 1. The molecule has 25 heavy (non-hydrogen) atoms. The summed E-state index contributed by atoms with van der Waals surface area (Å²) in [7, 11) is 0. The highest BCUT2D eigenvalue weighted by Gasteiger charge is 2.21. The molecule has 1 amide bonds. The molecule has 0 unspecified atom stereocenters.